The fraction of sp³-hybridized carbons (Fsp3) is 0.423. The van der Waals surface area contributed by atoms with Crippen molar-refractivity contribution in [1.29, 1.82) is 0 Å². The summed E-state index contributed by atoms with van der Waals surface area (Å²) in [5, 5.41) is 5.57. The van der Waals surface area contributed by atoms with E-state index in [9.17, 15) is 18.8 Å². The van der Waals surface area contributed by atoms with Crippen LogP contribution in [0, 0.1) is 11.7 Å². The third kappa shape index (κ3) is 5.93. The van der Waals surface area contributed by atoms with E-state index in [-0.39, 0.29) is 30.1 Å². The fourth-order valence-corrected chi connectivity index (χ4v) is 4.45. The first kappa shape index (κ1) is 25.4. The van der Waals surface area contributed by atoms with Gasteiger partial charge in [0, 0.05) is 38.9 Å². The number of benzene rings is 2. The second-order valence-electron chi connectivity index (χ2n) is 8.77. The van der Waals surface area contributed by atoms with Gasteiger partial charge in [-0.2, -0.15) is 0 Å². The number of ether oxygens (including phenoxy) is 3. The van der Waals surface area contributed by atoms with E-state index in [1.165, 1.54) is 18.2 Å². The van der Waals surface area contributed by atoms with Crippen LogP contribution in [0.2, 0.25) is 0 Å². The SMILES string of the molecule is COCCCNC(=O)C(NC(=O)c1ccccc1F)C1CCN(C(=O)c2ccc3c(c2)OCO3)CC1. The predicted molar refractivity (Wildman–Crippen MR) is 128 cm³/mol. The van der Waals surface area contributed by atoms with Gasteiger partial charge in [0.05, 0.1) is 5.56 Å². The number of likely N-dealkylation sites (tertiary alicyclic amines) is 1. The van der Waals surface area contributed by atoms with Crippen LogP contribution in [0.4, 0.5) is 4.39 Å². The maximum Gasteiger partial charge on any atom is 0.254 e. The molecule has 2 N–H and O–H groups in total. The minimum atomic E-state index is -0.859. The van der Waals surface area contributed by atoms with Gasteiger partial charge in [0.2, 0.25) is 12.7 Å². The van der Waals surface area contributed by atoms with Gasteiger partial charge in [-0.3, -0.25) is 14.4 Å². The smallest absolute Gasteiger partial charge is 0.254 e. The fourth-order valence-electron chi connectivity index (χ4n) is 4.45. The lowest BCUT2D eigenvalue weighted by molar-refractivity contribution is -0.124. The molecule has 36 heavy (non-hydrogen) atoms. The molecular formula is C26H30FN3O6. The van der Waals surface area contributed by atoms with Crippen molar-refractivity contribution >= 4 is 17.7 Å². The van der Waals surface area contributed by atoms with Crippen LogP contribution in [0.15, 0.2) is 42.5 Å². The lowest BCUT2D eigenvalue weighted by atomic mass is 9.88. The quantitative estimate of drug-likeness (QED) is 0.513. The molecule has 4 rings (SSSR count). The van der Waals surface area contributed by atoms with E-state index in [2.05, 4.69) is 10.6 Å². The Morgan fingerprint density at radius 2 is 1.86 bits per heavy atom. The minimum absolute atomic E-state index is 0.120. The average molecular weight is 500 g/mol. The molecule has 1 saturated heterocycles. The Kier molecular flexibility index (Phi) is 8.37. The molecule has 0 saturated carbocycles. The second kappa shape index (κ2) is 11.9. The first-order chi connectivity index (χ1) is 17.5. The summed E-state index contributed by atoms with van der Waals surface area (Å²) in [5.74, 6) is -0.850. The molecule has 1 unspecified atom stereocenters. The van der Waals surface area contributed by atoms with Crippen molar-refractivity contribution in [3.63, 3.8) is 0 Å². The summed E-state index contributed by atoms with van der Waals surface area (Å²) < 4.78 is 29.9. The van der Waals surface area contributed by atoms with Crippen molar-refractivity contribution in [2.75, 3.05) is 40.1 Å². The Balaban J connectivity index is 1.41. The highest BCUT2D eigenvalue weighted by Crippen LogP contribution is 2.33. The van der Waals surface area contributed by atoms with E-state index < -0.39 is 17.8 Å². The molecule has 1 atom stereocenters. The molecule has 0 radical (unpaired) electrons. The average Bonchev–Trinajstić information content (AvgIpc) is 3.37. The molecule has 192 valence electrons. The summed E-state index contributed by atoms with van der Waals surface area (Å²) in [7, 11) is 1.58. The third-order valence-electron chi connectivity index (χ3n) is 6.43. The summed E-state index contributed by atoms with van der Waals surface area (Å²) >= 11 is 0. The first-order valence-corrected chi connectivity index (χ1v) is 12.0. The highest BCUT2D eigenvalue weighted by molar-refractivity contribution is 5.98. The normalized spacial score (nSPS) is 15.9. The molecule has 0 bridgehead atoms. The van der Waals surface area contributed by atoms with Crippen molar-refractivity contribution in [2.24, 2.45) is 5.92 Å². The van der Waals surface area contributed by atoms with Crippen LogP contribution in [0.5, 0.6) is 11.5 Å². The summed E-state index contributed by atoms with van der Waals surface area (Å²) in [6, 6.07) is 9.87. The summed E-state index contributed by atoms with van der Waals surface area (Å²) in [6.45, 7) is 1.85. The van der Waals surface area contributed by atoms with Gasteiger partial charge in [0.15, 0.2) is 11.5 Å². The molecule has 0 aliphatic carbocycles. The monoisotopic (exact) mass is 499 g/mol. The van der Waals surface area contributed by atoms with Crippen LogP contribution >= 0.6 is 0 Å². The Morgan fingerprint density at radius 3 is 2.61 bits per heavy atom. The van der Waals surface area contributed by atoms with Crippen molar-refractivity contribution in [3.8, 4) is 11.5 Å². The molecule has 2 aliphatic heterocycles. The summed E-state index contributed by atoms with van der Waals surface area (Å²) in [4.78, 5) is 40.6. The number of fused-ring (bicyclic) bond motifs is 1. The van der Waals surface area contributed by atoms with E-state index in [1.807, 2.05) is 0 Å². The van der Waals surface area contributed by atoms with Gasteiger partial charge < -0.3 is 29.7 Å². The molecule has 10 heteroatoms. The number of rotatable bonds is 9. The molecule has 0 spiro atoms. The number of methoxy groups -OCH3 is 1. The van der Waals surface area contributed by atoms with Crippen LogP contribution in [0.3, 0.4) is 0 Å². The van der Waals surface area contributed by atoms with Gasteiger partial charge in [0.25, 0.3) is 11.8 Å². The van der Waals surface area contributed by atoms with Crippen molar-refractivity contribution in [3.05, 3.63) is 59.4 Å². The van der Waals surface area contributed by atoms with E-state index in [0.717, 1.165) is 0 Å². The third-order valence-corrected chi connectivity index (χ3v) is 6.43. The van der Waals surface area contributed by atoms with Crippen molar-refractivity contribution < 1.29 is 33.0 Å². The van der Waals surface area contributed by atoms with Crippen LogP contribution in [-0.4, -0.2) is 68.8 Å². The zero-order chi connectivity index (χ0) is 25.5. The van der Waals surface area contributed by atoms with E-state index in [1.54, 1.807) is 36.3 Å². The van der Waals surface area contributed by atoms with E-state index >= 15 is 0 Å². The standard InChI is InChI=1S/C26H30FN3O6/c1-34-14-4-11-28-25(32)23(29-24(31)19-5-2-3-6-20(19)27)17-9-12-30(13-10-17)26(33)18-7-8-21-22(15-18)36-16-35-21/h2-3,5-8,15,17,23H,4,9-14,16H2,1H3,(H,28,32)(H,29,31). The molecular weight excluding hydrogens is 469 g/mol. The number of piperidine rings is 1. The number of nitrogens with one attached hydrogen (secondary N) is 2. The molecule has 1 fully saturated rings. The first-order valence-electron chi connectivity index (χ1n) is 12.0. The molecule has 2 aromatic rings. The van der Waals surface area contributed by atoms with Crippen LogP contribution in [0.1, 0.15) is 40.0 Å². The minimum Gasteiger partial charge on any atom is -0.454 e. The van der Waals surface area contributed by atoms with Crippen LogP contribution in [-0.2, 0) is 9.53 Å². The van der Waals surface area contributed by atoms with Gasteiger partial charge in [0.1, 0.15) is 11.9 Å². The Morgan fingerprint density at radius 1 is 1.11 bits per heavy atom. The lowest BCUT2D eigenvalue weighted by Crippen LogP contribution is -2.54. The lowest BCUT2D eigenvalue weighted by Gasteiger charge is -2.36. The zero-order valence-corrected chi connectivity index (χ0v) is 20.1. The van der Waals surface area contributed by atoms with Crippen LogP contribution < -0.4 is 20.1 Å². The summed E-state index contributed by atoms with van der Waals surface area (Å²) in [6.07, 6.45) is 1.63. The van der Waals surface area contributed by atoms with Gasteiger partial charge >= 0.3 is 0 Å². The largest absolute Gasteiger partial charge is 0.454 e. The molecule has 3 amide bonds. The maximum absolute atomic E-state index is 14.2. The second-order valence-corrected chi connectivity index (χ2v) is 8.77. The maximum atomic E-state index is 14.2. The summed E-state index contributed by atoms with van der Waals surface area (Å²) in [5.41, 5.74) is 0.378. The molecule has 2 heterocycles. The van der Waals surface area contributed by atoms with Crippen LogP contribution in [0.25, 0.3) is 0 Å². The number of halogens is 1. The highest BCUT2D eigenvalue weighted by atomic mass is 19.1. The Bertz CT molecular complexity index is 1100. The van der Waals surface area contributed by atoms with E-state index in [4.69, 9.17) is 14.2 Å². The predicted octanol–water partition coefficient (Wildman–Crippen LogP) is 2.36. The van der Waals surface area contributed by atoms with Gasteiger partial charge in [-0.15, -0.1) is 0 Å². The van der Waals surface area contributed by atoms with Crippen molar-refractivity contribution in [2.45, 2.75) is 25.3 Å². The Hall–Kier alpha value is -3.66. The number of carbonyl (C=O) groups excluding carboxylic acids is 3. The van der Waals surface area contributed by atoms with Crippen molar-refractivity contribution in [1.82, 2.24) is 15.5 Å². The topological polar surface area (TPSA) is 106 Å². The number of hydrogen-bond donors (Lipinski definition) is 2. The van der Waals surface area contributed by atoms with Gasteiger partial charge in [-0.05, 0) is 55.5 Å². The number of carbonyl (C=O) groups is 3. The number of nitrogens with zero attached hydrogens (tertiary/aromatic N) is 1. The number of amides is 3. The molecule has 0 aromatic heterocycles. The molecule has 2 aromatic carbocycles. The number of hydrogen-bond acceptors (Lipinski definition) is 6. The molecule has 2 aliphatic rings. The highest BCUT2D eigenvalue weighted by Gasteiger charge is 2.34. The Labute approximate surface area is 208 Å². The van der Waals surface area contributed by atoms with E-state index in [0.29, 0.717) is 62.6 Å². The molecule has 9 nitrogen and oxygen atoms in total. The van der Waals surface area contributed by atoms with Gasteiger partial charge in [-0.1, -0.05) is 12.1 Å². The zero-order valence-electron chi connectivity index (χ0n) is 20.1. The van der Waals surface area contributed by atoms with Gasteiger partial charge in [-0.25, -0.2) is 4.39 Å².